The zero-order chi connectivity index (χ0) is 16.7. The Labute approximate surface area is 138 Å². The number of aromatic nitrogens is 3. The van der Waals surface area contributed by atoms with Crippen molar-refractivity contribution in [2.75, 3.05) is 12.3 Å². The van der Waals surface area contributed by atoms with Crippen LogP contribution in [-0.2, 0) is 4.79 Å². The van der Waals surface area contributed by atoms with Crippen LogP contribution in [0, 0.1) is 6.92 Å². The number of urea groups is 1. The van der Waals surface area contributed by atoms with Crippen molar-refractivity contribution in [3.8, 4) is 5.69 Å². The SMILES string of the molecule is CCCNC(=O)NC(=O)CSc1nncn1-c1ccccc1C. The van der Waals surface area contributed by atoms with Gasteiger partial charge in [0.15, 0.2) is 5.16 Å². The molecule has 0 saturated heterocycles. The standard InChI is InChI=1S/C15H19N5O2S/c1-3-8-16-14(22)18-13(21)9-23-15-19-17-10-20(15)12-7-5-4-6-11(12)2/h4-7,10H,3,8-9H2,1-2H3,(H2,16,18,21,22). The first-order valence-corrected chi connectivity index (χ1v) is 8.27. The van der Waals surface area contributed by atoms with Gasteiger partial charge in [0.05, 0.1) is 11.4 Å². The van der Waals surface area contributed by atoms with Gasteiger partial charge in [-0.1, -0.05) is 36.9 Å². The van der Waals surface area contributed by atoms with Gasteiger partial charge >= 0.3 is 6.03 Å². The third-order valence-corrected chi connectivity index (χ3v) is 3.96. The second-order valence-electron chi connectivity index (χ2n) is 4.86. The largest absolute Gasteiger partial charge is 0.338 e. The second-order valence-corrected chi connectivity index (χ2v) is 5.81. The lowest BCUT2D eigenvalue weighted by Crippen LogP contribution is -2.40. The predicted octanol–water partition coefficient (Wildman–Crippen LogP) is 1.90. The van der Waals surface area contributed by atoms with Crippen LogP contribution in [0.25, 0.3) is 5.69 Å². The fourth-order valence-corrected chi connectivity index (χ4v) is 2.62. The number of carbonyl (C=O) groups is 2. The maximum atomic E-state index is 11.8. The van der Waals surface area contributed by atoms with Crippen LogP contribution in [0.1, 0.15) is 18.9 Å². The van der Waals surface area contributed by atoms with Gasteiger partial charge in [0, 0.05) is 6.54 Å². The molecule has 0 fully saturated rings. The normalized spacial score (nSPS) is 10.3. The Bertz CT molecular complexity index is 686. The molecular formula is C15H19N5O2S. The Balaban J connectivity index is 1.95. The summed E-state index contributed by atoms with van der Waals surface area (Å²) in [5.74, 6) is -0.285. The molecule has 0 aliphatic carbocycles. The van der Waals surface area contributed by atoms with Crippen molar-refractivity contribution < 1.29 is 9.59 Å². The number of benzene rings is 1. The van der Waals surface area contributed by atoms with E-state index in [1.807, 2.05) is 42.7 Å². The molecule has 3 amide bonds. The van der Waals surface area contributed by atoms with Crippen LogP contribution in [0.2, 0.25) is 0 Å². The third-order valence-electron chi connectivity index (χ3n) is 3.01. The van der Waals surface area contributed by atoms with Crippen molar-refractivity contribution in [2.24, 2.45) is 0 Å². The van der Waals surface area contributed by atoms with Gasteiger partial charge in [-0.2, -0.15) is 0 Å². The number of aryl methyl sites for hydroxylation is 1. The van der Waals surface area contributed by atoms with Crippen molar-refractivity contribution >= 4 is 23.7 Å². The average molecular weight is 333 g/mol. The molecule has 2 N–H and O–H groups in total. The average Bonchev–Trinajstić information content (AvgIpc) is 2.99. The predicted molar refractivity (Wildman–Crippen MR) is 88.7 cm³/mol. The molecule has 0 radical (unpaired) electrons. The van der Waals surface area contributed by atoms with Gasteiger partial charge in [0.25, 0.3) is 0 Å². The Morgan fingerprint density at radius 1 is 1.30 bits per heavy atom. The number of nitrogens with one attached hydrogen (secondary N) is 2. The number of para-hydroxylation sites is 1. The van der Waals surface area contributed by atoms with Crippen LogP contribution < -0.4 is 10.6 Å². The summed E-state index contributed by atoms with van der Waals surface area (Å²) in [4.78, 5) is 23.2. The summed E-state index contributed by atoms with van der Waals surface area (Å²) in [5.41, 5.74) is 2.04. The topological polar surface area (TPSA) is 88.9 Å². The zero-order valence-corrected chi connectivity index (χ0v) is 13.9. The van der Waals surface area contributed by atoms with E-state index in [1.165, 1.54) is 11.8 Å². The highest BCUT2D eigenvalue weighted by Gasteiger charge is 2.12. The first-order chi connectivity index (χ1) is 11.1. The Morgan fingerprint density at radius 2 is 2.09 bits per heavy atom. The van der Waals surface area contributed by atoms with Crippen molar-refractivity contribution in [3.05, 3.63) is 36.2 Å². The minimum absolute atomic E-state index is 0.0874. The molecule has 1 aromatic carbocycles. The summed E-state index contributed by atoms with van der Waals surface area (Å²) < 4.78 is 1.82. The van der Waals surface area contributed by atoms with Gasteiger partial charge in [-0.05, 0) is 25.0 Å². The molecule has 0 aliphatic heterocycles. The van der Waals surface area contributed by atoms with E-state index in [2.05, 4.69) is 20.8 Å². The molecule has 0 aliphatic rings. The fraction of sp³-hybridized carbons (Fsp3) is 0.333. The van der Waals surface area contributed by atoms with Gasteiger partial charge in [-0.15, -0.1) is 10.2 Å². The van der Waals surface area contributed by atoms with Crippen molar-refractivity contribution in [1.82, 2.24) is 25.4 Å². The summed E-state index contributed by atoms with van der Waals surface area (Å²) in [6.07, 6.45) is 2.42. The van der Waals surface area contributed by atoms with E-state index in [0.717, 1.165) is 17.7 Å². The monoisotopic (exact) mass is 333 g/mol. The molecule has 2 aromatic rings. The lowest BCUT2D eigenvalue weighted by Gasteiger charge is -2.09. The molecule has 122 valence electrons. The summed E-state index contributed by atoms with van der Waals surface area (Å²) in [6.45, 7) is 4.47. The van der Waals surface area contributed by atoms with Gasteiger partial charge in [-0.25, -0.2) is 4.79 Å². The number of nitrogens with zero attached hydrogens (tertiary/aromatic N) is 3. The molecule has 7 nitrogen and oxygen atoms in total. The number of amides is 3. The van der Waals surface area contributed by atoms with Crippen LogP contribution in [0.5, 0.6) is 0 Å². The summed E-state index contributed by atoms with van der Waals surface area (Å²) >= 11 is 1.23. The highest BCUT2D eigenvalue weighted by molar-refractivity contribution is 7.99. The highest BCUT2D eigenvalue weighted by atomic mass is 32.2. The summed E-state index contributed by atoms with van der Waals surface area (Å²) in [7, 11) is 0. The molecule has 0 unspecified atom stereocenters. The Morgan fingerprint density at radius 3 is 2.83 bits per heavy atom. The smallest absolute Gasteiger partial charge is 0.321 e. The van der Waals surface area contributed by atoms with Crippen LogP contribution in [0.15, 0.2) is 35.7 Å². The minimum Gasteiger partial charge on any atom is -0.338 e. The molecule has 23 heavy (non-hydrogen) atoms. The molecule has 0 spiro atoms. The van der Waals surface area contributed by atoms with Gasteiger partial charge in [0.1, 0.15) is 6.33 Å². The van der Waals surface area contributed by atoms with E-state index in [1.54, 1.807) is 6.33 Å². The molecule has 1 heterocycles. The quantitative estimate of drug-likeness (QED) is 0.788. The number of carbonyl (C=O) groups excluding carboxylic acids is 2. The second kappa shape index (κ2) is 8.33. The fourth-order valence-electron chi connectivity index (χ4n) is 1.90. The highest BCUT2D eigenvalue weighted by Crippen LogP contribution is 2.21. The van der Waals surface area contributed by atoms with E-state index in [0.29, 0.717) is 11.7 Å². The van der Waals surface area contributed by atoms with Gasteiger partial charge in [-0.3, -0.25) is 14.7 Å². The molecule has 0 atom stereocenters. The zero-order valence-electron chi connectivity index (χ0n) is 13.1. The minimum atomic E-state index is -0.474. The first kappa shape index (κ1) is 17.0. The number of hydrogen-bond acceptors (Lipinski definition) is 5. The van der Waals surface area contributed by atoms with E-state index in [9.17, 15) is 9.59 Å². The molecule has 1 aromatic heterocycles. The summed E-state index contributed by atoms with van der Waals surface area (Å²) in [5, 5.41) is 13.4. The van der Waals surface area contributed by atoms with Crippen LogP contribution in [0.3, 0.4) is 0 Å². The maximum absolute atomic E-state index is 11.8. The molecule has 0 bridgehead atoms. The van der Waals surface area contributed by atoms with E-state index in [4.69, 9.17) is 0 Å². The maximum Gasteiger partial charge on any atom is 0.321 e. The lowest BCUT2D eigenvalue weighted by atomic mass is 10.2. The van der Waals surface area contributed by atoms with Crippen LogP contribution in [0.4, 0.5) is 4.79 Å². The van der Waals surface area contributed by atoms with Crippen LogP contribution in [-0.4, -0.2) is 39.0 Å². The van der Waals surface area contributed by atoms with Gasteiger partial charge in [0.2, 0.25) is 5.91 Å². The molecule has 0 saturated carbocycles. The molecule has 2 rings (SSSR count). The van der Waals surface area contributed by atoms with Crippen LogP contribution >= 0.6 is 11.8 Å². The van der Waals surface area contributed by atoms with Crippen molar-refractivity contribution in [1.29, 1.82) is 0 Å². The van der Waals surface area contributed by atoms with Crippen molar-refractivity contribution in [3.63, 3.8) is 0 Å². The van der Waals surface area contributed by atoms with E-state index in [-0.39, 0.29) is 11.7 Å². The number of rotatable bonds is 6. The molecule has 8 heteroatoms. The number of thioether (sulfide) groups is 1. The summed E-state index contributed by atoms with van der Waals surface area (Å²) in [6, 6.07) is 7.37. The Hall–Kier alpha value is -2.35. The lowest BCUT2D eigenvalue weighted by molar-refractivity contribution is -0.117. The first-order valence-electron chi connectivity index (χ1n) is 7.28. The third kappa shape index (κ3) is 4.82. The number of imide groups is 1. The van der Waals surface area contributed by atoms with E-state index >= 15 is 0 Å². The van der Waals surface area contributed by atoms with Crippen molar-refractivity contribution in [2.45, 2.75) is 25.4 Å². The van der Waals surface area contributed by atoms with E-state index < -0.39 is 6.03 Å². The molecular weight excluding hydrogens is 314 g/mol. The number of hydrogen-bond donors (Lipinski definition) is 2. The van der Waals surface area contributed by atoms with Gasteiger partial charge < -0.3 is 5.32 Å². The Kier molecular flexibility index (Phi) is 6.16.